The molecule has 2 N–H and O–H groups in total. The van der Waals surface area contributed by atoms with E-state index < -0.39 is 5.60 Å². The van der Waals surface area contributed by atoms with Gasteiger partial charge in [-0.25, -0.2) is 0 Å². The van der Waals surface area contributed by atoms with Crippen molar-refractivity contribution in [3.05, 3.63) is 12.1 Å². The number of nitrogens with zero attached hydrogens (tertiary/aromatic N) is 2. The summed E-state index contributed by atoms with van der Waals surface area (Å²) in [6.45, 7) is 5.50. The maximum absolute atomic E-state index is 11.4. The van der Waals surface area contributed by atoms with Crippen LogP contribution in [0.3, 0.4) is 0 Å². The maximum Gasteiger partial charge on any atom is 0.316 e. The van der Waals surface area contributed by atoms with Gasteiger partial charge in [-0.3, -0.25) is 4.79 Å². The molecule has 0 aliphatic carbocycles. The van der Waals surface area contributed by atoms with E-state index in [4.69, 9.17) is 10.5 Å². The van der Waals surface area contributed by atoms with Crippen LogP contribution in [0.15, 0.2) is 17.2 Å². The first-order valence-electron chi connectivity index (χ1n) is 4.81. The van der Waals surface area contributed by atoms with Crippen LogP contribution in [0.1, 0.15) is 20.8 Å². The predicted molar refractivity (Wildman–Crippen MR) is 63.0 cm³/mol. The zero-order valence-electron chi connectivity index (χ0n) is 9.56. The predicted octanol–water partition coefficient (Wildman–Crippen LogP) is 1.49. The first-order valence-corrected chi connectivity index (χ1v) is 5.79. The van der Waals surface area contributed by atoms with Gasteiger partial charge >= 0.3 is 5.97 Å². The van der Waals surface area contributed by atoms with Crippen molar-refractivity contribution in [3.8, 4) is 0 Å². The first kappa shape index (κ1) is 12.8. The van der Waals surface area contributed by atoms with Crippen LogP contribution in [0, 0.1) is 0 Å². The van der Waals surface area contributed by atoms with Gasteiger partial charge in [0.05, 0.1) is 5.75 Å². The molecule has 16 heavy (non-hydrogen) atoms. The first-order chi connectivity index (χ1) is 7.37. The molecule has 1 heterocycles. The molecule has 88 valence electrons. The highest BCUT2D eigenvalue weighted by Gasteiger charge is 2.16. The molecule has 0 bridgehead atoms. The topological polar surface area (TPSA) is 78.1 Å². The summed E-state index contributed by atoms with van der Waals surface area (Å²) in [6, 6.07) is 3.36. The van der Waals surface area contributed by atoms with Crippen molar-refractivity contribution >= 4 is 23.5 Å². The molecule has 0 saturated carbocycles. The van der Waals surface area contributed by atoms with Crippen LogP contribution in [0.2, 0.25) is 0 Å². The Labute approximate surface area is 98.8 Å². The highest BCUT2D eigenvalue weighted by Crippen LogP contribution is 2.16. The average Bonchev–Trinajstić information content (AvgIpc) is 2.14. The molecule has 1 aromatic rings. The van der Waals surface area contributed by atoms with Crippen LogP contribution in [0.4, 0.5) is 5.82 Å². The van der Waals surface area contributed by atoms with Crippen molar-refractivity contribution < 1.29 is 9.53 Å². The summed E-state index contributed by atoms with van der Waals surface area (Å²) in [6.07, 6.45) is 0. The molecule has 0 atom stereocenters. The smallest absolute Gasteiger partial charge is 0.316 e. The van der Waals surface area contributed by atoms with Gasteiger partial charge < -0.3 is 10.5 Å². The zero-order valence-corrected chi connectivity index (χ0v) is 10.4. The fourth-order valence-electron chi connectivity index (χ4n) is 0.911. The lowest BCUT2D eigenvalue weighted by molar-refractivity contribution is -0.151. The molecule has 0 aliphatic heterocycles. The normalized spacial score (nSPS) is 11.2. The largest absolute Gasteiger partial charge is 0.459 e. The molecular weight excluding hydrogens is 226 g/mol. The quantitative estimate of drug-likeness (QED) is 0.638. The number of rotatable bonds is 3. The number of nitrogen functional groups attached to an aromatic ring is 1. The molecule has 0 radical (unpaired) electrons. The van der Waals surface area contributed by atoms with Crippen molar-refractivity contribution in [2.75, 3.05) is 11.5 Å². The minimum Gasteiger partial charge on any atom is -0.459 e. The van der Waals surface area contributed by atoms with Crippen LogP contribution in [0.5, 0.6) is 0 Å². The molecule has 0 aliphatic rings. The van der Waals surface area contributed by atoms with E-state index >= 15 is 0 Å². The Morgan fingerprint density at radius 2 is 2.12 bits per heavy atom. The molecule has 1 aromatic heterocycles. The monoisotopic (exact) mass is 241 g/mol. The molecule has 6 heteroatoms. The second-order valence-corrected chi connectivity index (χ2v) is 5.17. The Balaban J connectivity index is 2.40. The summed E-state index contributed by atoms with van der Waals surface area (Å²) in [5.74, 6) is 0.313. The SMILES string of the molecule is CC(C)(C)OC(=O)CSc1ccc(N)nn1. The summed E-state index contributed by atoms with van der Waals surface area (Å²) < 4.78 is 5.15. The van der Waals surface area contributed by atoms with E-state index in [9.17, 15) is 4.79 Å². The van der Waals surface area contributed by atoms with Gasteiger partial charge in [-0.15, -0.1) is 10.2 Å². The van der Waals surface area contributed by atoms with Gasteiger partial charge in [0, 0.05) is 0 Å². The lowest BCUT2D eigenvalue weighted by Gasteiger charge is -2.19. The second-order valence-electron chi connectivity index (χ2n) is 4.17. The molecule has 0 fully saturated rings. The third-order valence-corrected chi connectivity index (χ3v) is 2.31. The second kappa shape index (κ2) is 5.16. The van der Waals surface area contributed by atoms with Gasteiger partial charge in [0.2, 0.25) is 0 Å². The van der Waals surface area contributed by atoms with Crippen LogP contribution in [-0.2, 0) is 9.53 Å². The Hall–Kier alpha value is -1.30. The third kappa shape index (κ3) is 4.97. The van der Waals surface area contributed by atoms with E-state index in [-0.39, 0.29) is 11.7 Å². The van der Waals surface area contributed by atoms with E-state index in [1.807, 2.05) is 20.8 Å². The number of carbonyl (C=O) groups excluding carboxylic acids is 1. The van der Waals surface area contributed by atoms with E-state index in [1.54, 1.807) is 12.1 Å². The van der Waals surface area contributed by atoms with Crippen molar-refractivity contribution in [2.24, 2.45) is 0 Å². The molecular formula is C10H15N3O2S. The molecule has 0 unspecified atom stereocenters. The number of aromatic nitrogens is 2. The standard InChI is InChI=1S/C10H15N3O2S/c1-10(2,3)15-9(14)6-16-8-5-4-7(11)12-13-8/h4-5H,6H2,1-3H3,(H2,11,12). The Morgan fingerprint density at radius 1 is 1.44 bits per heavy atom. The Kier molecular flexibility index (Phi) is 4.12. The molecule has 0 aromatic carbocycles. The van der Waals surface area contributed by atoms with Crippen molar-refractivity contribution in [3.63, 3.8) is 0 Å². The molecule has 5 nitrogen and oxygen atoms in total. The number of hydrogen-bond donors (Lipinski definition) is 1. The zero-order chi connectivity index (χ0) is 12.2. The summed E-state index contributed by atoms with van der Waals surface area (Å²) in [5.41, 5.74) is 4.94. The van der Waals surface area contributed by atoms with E-state index in [1.165, 1.54) is 11.8 Å². The van der Waals surface area contributed by atoms with Gasteiger partial charge in [-0.2, -0.15) is 0 Å². The number of nitrogens with two attached hydrogens (primary N) is 1. The number of thioether (sulfide) groups is 1. The molecule has 0 spiro atoms. The van der Waals surface area contributed by atoms with E-state index in [2.05, 4.69) is 10.2 Å². The summed E-state index contributed by atoms with van der Waals surface area (Å²) >= 11 is 1.27. The van der Waals surface area contributed by atoms with Crippen molar-refractivity contribution in [1.29, 1.82) is 0 Å². The van der Waals surface area contributed by atoms with Crippen LogP contribution < -0.4 is 5.73 Å². The van der Waals surface area contributed by atoms with E-state index in [0.717, 1.165) is 0 Å². The number of hydrogen-bond acceptors (Lipinski definition) is 6. The lowest BCUT2D eigenvalue weighted by atomic mass is 10.2. The third-order valence-electron chi connectivity index (χ3n) is 1.42. The lowest BCUT2D eigenvalue weighted by Crippen LogP contribution is -2.24. The van der Waals surface area contributed by atoms with Crippen LogP contribution >= 0.6 is 11.8 Å². The average molecular weight is 241 g/mol. The number of esters is 1. The fraction of sp³-hybridized carbons (Fsp3) is 0.500. The highest BCUT2D eigenvalue weighted by atomic mass is 32.2. The molecule has 0 amide bonds. The molecule has 0 saturated heterocycles. The Bertz CT molecular complexity index is 359. The van der Waals surface area contributed by atoms with Gasteiger partial charge in [-0.1, -0.05) is 11.8 Å². The minimum absolute atomic E-state index is 0.218. The minimum atomic E-state index is -0.454. The molecule has 1 rings (SSSR count). The van der Waals surface area contributed by atoms with Crippen molar-refractivity contribution in [1.82, 2.24) is 10.2 Å². The fourth-order valence-corrected chi connectivity index (χ4v) is 1.50. The summed E-state index contributed by atoms with van der Waals surface area (Å²) in [5, 5.41) is 8.17. The summed E-state index contributed by atoms with van der Waals surface area (Å²) in [4.78, 5) is 11.4. The highest BCUT2D eigenvalue weighted by molar-refractivity contribution is 7.99. The Morgan fingerprint density at radius 3 is 2.62 bits per heavy atom. The maximum atomic E-state index is 11.4. The van der Waals surface area contributed by atoms with Gasteiger partial charge in [0.1, 0.15) is 16.4 Å². The number of anilines is 1. The van der Waals surface area contributed by atoms with Gasteiger partial charge in [0.15, 0.2) is 0 Å². The number of ether oxygens (including phenoxy) is 1. The van der Waals surface area contributed by atoms with Crippen LogP contribution in [-0.4, -0.2) is 27.5 Å². The van der Waals surface area contributed by atoms with Crippen LogP contribution in [0.25, 0.3) is 0 Å². The summed E-state index contributed by atoms with van der Waals surface area (Å²) in [7, 11) is 0. The van der Waals surface area contributed by atoms with Gasteiger partial charge in [0.25, 0.3) is 0 Å². The number of carbonyl (C=O) groups is 1. The van der Waals surface area contributed by atoms with Gasteiger partial charge in [-0.05, 0) is 32.9 Å². The van der Waals surface area contributed by atoms with E-state index in [0.29, 0.717) is 10.8 Å². The van der Waals surface area contributed by atoms with Crippen molar-refractivity contribution in [2.45, 2.75) is 31.4 Å².